The highest BCUT2D eigenvalue weighted by atomic mass is 32.2. The molecule has 0 aliphatic carbocycles. The number of alkyl halides is 3. The zero-order valence-electron chi connectivity index (χ0n) is 8.58. The van der Waals surface area contributed by atoms with E-state index in [4.69, 9.17) is 5.26 Å². The third kappa shape index (κ3) is 4.72. The minimum absolute atomic E-state index is 0.0774. The van der Waals surface area contributed by atoms with Gasteiger partial charge in [0, 0.05) is 16.3 Å². The normalized spacial score (nSPS) is 12.2. The summed E-state index contributed by atoms with van der Waals surface area (Å²) in [6, 6.07) is 0. The van der Waals surface area contributed by atoms with Gasteiger partial charge < -0.3 is 5.73 Å². The molecule has 0 saturated heterocycles. The van der Waals surface area contributed by atoms with Crippen molar-refractivity contribution in [3.05, 3.63) is 16.1 Å². The van der Waals surface area contributed by atoms with Crippen molar-refractivity contribution in [2.75, 3.05) is 6.26 Å². The van der Waals surface area contributed by atoms with E-state index < -0.39 is 11.2 Å². The van der Waals surface area contributed by atoms with Crippen LogP contribution < -0.4 is 5.73 Å². The van der Waals surface area contributed by atoms with Crippen molar-refractivity contribution in [2.45, 2.75) is 18.3 Å². The van der Waals surface area contributed by atoms with Gasteiger partial charge in [0.05, 0.1) is 0 Å². The summed E-state index contributed by atoms with van der Waals surface area (Å²) in [7, 11) is 0. The summed E-state index contributed by atoms with van der Waals surface area (Å²) < 4.78 is 36.3. The molecule has 1 rings (SSSR count). The highest BCUT2D eigenvalue weighted by Crippen LogP contribution is 2.37. The molecule has 3 nitrogen and oxygen atoms in total. The minimum Gasteiger partial charge on any atom is -0.337 e. The van der Waals surface area contributed by atoms with Gasteiger partial charge in [-0.15, -0.1) is 11.3 Å². The number of rotatable bonds is 2. The fraction of sp³-hybridized carbons (Fsp3) is 0.500. The average molecular weight is 269 g/mol. The number of aromatic nitrogens is 1. The average Bonchev–Trinajstić information content (AvgIpc) is 2.66. The standard InChI is InChI=1S/C7H8F3NS2.CH2N2/c1-4(12-2)5-3-11-6(13-5)7(8,9)10;2-1-3/h3-4H,1-2H3;2H2. The van der Waals surface area contributed by atoms with E-state index in [1.807, 2.05) is 13.2 Å². The van der Waals surface area contributed by atoms with Gasteiger partial charge in [0.2, 0.25) is 0 Å². The third-order valence-electron chi connectivity index (χ3n) is 1.52. The van der Waals surface area contributed by atoms with Crippen LogP contribution in [0.2, 0.25) is 0 Å². The van der Waals surface area contributed by atoms with Crippen LogP contribution in [0.4, 0.5) is 13.2 Å². The second kappa shape index (κ2) is 6.60. The minimum atomic E-state index is -4.30. The fourth-order valence-corrected chi connectivity index (χ4v) is 2.16. The molecule has 16 heavy (non-hydrogen) atoms. The summed E-state index contributed by atoms with van der Waals surface area (Å²) in [5, 5.41) is 6.41. The number of thiazole rings is 1. The summed E-state index contributed by atoms with van der Waals surface area (Å²) in [5.74, 6) is 0. The van der Waals surface area contributed by atoms with Gasteiger partial charge in [-0.1, -0.05) is 0 Å². The Bertz CT molecular complexity index is 356. The first kappa shape index (κ1) is 15.1. The van der Waals surface area contributed by atoms with Crippen molar-refractivity contribution < 1.29 is 13.2 Å². The Morgan fingerprint density at radius 1 is 1.62 bits per heavy atom. The van der Waals surface area contributed by atoms with Crippen molar-refractivity contribution in [3.8, 4) is 6.19 Å². The Morgan fingerprint density at radius 2 is 2.12 bits per heavy atom. The van der Waals surface area contributed by atoms with E-state index in [2.05, 4.69) is 10.7 Å². The maximum absolute atomic E-state index is 12.1. The molecule has 1 aromatic heterocycles. The molecule has 1 heterocycles. The number of hydrogen-bond donors (Lipinski definition) is 1. The van der Waals surface area contributed by atoms with Gasteiger partial charge in [0.25, 0.3) is 0 Å². The van der Waals surface area contributed by atoms with Crippen molar-refractivity contribution in [3.63, 3.8) is 0 Å². The van der Waals surface area contributed by atoms with Crippen LogP contribution in [0, 0.1) is 11.5 Å². The Labute approximate surface area is 99.5 Å². The molecule has 2 N–H and O–H groups in total. The second-order valence-corrected chi connectivity index (χ2v) is 4.81. The van der Waals surface area contributed by atoms with Gasteiger partial charge >= 0.3 is 6.18 Å². The molecular formula is C8H10F3N3S2. The van der Waals surface area contributed by atoms with E-state index in [9.17, 15) is 13.2 Å². The quantitative estimate of drug-likeness (QED) is 0.662. The van der Waals surface area contributed by atoms with E-state index in [1.165, 1.54) is 24.2 Å². The summed E-state index contributed by atoms with van der Waals surface area (Å²) in [6.07, 6.45) is 0.105. The van der Waals surface area contributed by atoms with E-state index in [-0.39, 0.29) is 5.25 Å². The van der Waals surface area contributed by atoms with E-state index in [0.717, 1.165) is 0 Å². The third-order valence-corrected chi connectivity index (χ3v) is 3.86. The first-order valence-corrected chi connectivity index (χ1v) is 6.12. The number of hydrogen-bond acceptors (Lipinski definition) is 5. The highest BCUT2D eigenvalue weighted by Gasteiger charge is 2.34. The lowest BCUT2D eigenvalue weighted by Gasteiger charge is -2.02. The summed E-state index contributed by atoms with van der Waals surface area (Å²) in [5.41, 5.74) is 4.15. The van der Waals surface area contributed by atoms with E-state index in [0.29, 0.717) is 16.2 Å². The maximum Gasteiger partial charge on any atom is 0.443 e. The van der Waals surface area contributed by atoms with Gasteiger partial charge in [-0.05, 0) is 13.2 Å². The Balaban J connectivity index is 0.000000673. The van der Waals surface area contributed by atoms with Gasteiger partial charge in [-0.25, -0.2) is 4.98 Å². The zero-order valence-corrected chi connectivity index (χ0v) is 10.2. The van der Waals surface area contributed by atoms with Crippen molar-refractivity contribution >= 4 is 23.1 Å². The summed E-state index contributed by atoms with van der Waals surface area (Å²) >= 11 is 2.22. The summed E-state index contributed by atoms with van der Waals surface area (Å²) in [6.45, 7) is 1.86. The largest absolute Gasteiger partial charge is 0.443 e. The van der Waals surface area contributed by atoms with Crippen LogP contribution in [0.5, 0.6) is 0 Å². The van der Waals surface area contributed by atoms with Crippen molar-refractivity contribution in [2.24, 2.45) is 5.73 Å². The molecule has 1 aromatic rings. The molecule has 1 atom stereocenters. The molecule has 90 valence electrons. The first-order valence-electron chi connectivity index (χ1n) is 4.02. The monoisotopic (exact) mass is 269 g/mol. The Hall–Kier alpha value is -0.940. The Kier molecular flexibility index (Phi) is 6.21. The predicted octanol–water partition coefficient (Wildman–Crippen LogP) is 3.01. The smallest absolute Gasteiger partial charge is 0.337 e. The summed E-state index contributed by atoms with van der Waals surface area (Å²) in [4.78, 5) is 4.00. The predicted molar refractivity (Wildman–Crippen MR) is 58.8 cm³/mol. The molecule has 1 unspecified atom stereocenters. The molecule has 0 saturated carbocycles. The van der Waals surface area contributed by atoms with Gasteiger partial charge in [-0.2, -0.15) is 30.2 Å². The second-order valence-electron chi connectivity index (χ2n) is 2.57. The molecule has 0 radical (unpaired) electrons. The first-order chi connectivity index (χ1) is 7.36. The molecule has 0 aromatic carbocycles. The van der Waals surface area contributed by atoms with Crippen LogP contribution in [0.25, 0.3) is 0 Å². The number of nitrogens with zero attached hydrogens (tertiary/aromatic N) is 2. The van der Waals surface area contributed by atoms with Gasteiger partial charge in [0.1, 0.15) is 0 Å². The van der Waals surface area contributed by atoms with Crippen LogP contribution >= 0.6 is 23.1 Å². The molecule has 0 bridgehead atoms. The fourth-order valence-electron chi connectivity index (χ4n) is 0.722. The molecule has 8 heteroatoms. The van der Waals surface area contributed by atoms with Crippen LogP contribution in [0.1, 0.15) is 22.1 Å². The lowest BCUT2D eigenvalue weighted by molar-refractivity contribution is -0.137. The zero-order chi connectivity index (χ0) is 12.8. The topological polar surface area (TPSA) is 62.7 Å². The lowest BCUT2D eigenvalue weighted by Crippen LogP contribution is -2.02. The number of nitrogens with two attached hydrogens (primary N) is 1. The molecule has 0 fully saturated rings. The van der Waals surface area contributed by atoms with Crippen molar-refractivity contribution in [1.82, 2.24) is 4.98 Å². The van der Waals surface area contributed by atoms with Crippen LogP contribution in [0.15, 0.2) is 6.20 Å². The molecule has 0 amide bonds. The maximum atomic E-state index is 12.1. The Morgan fingerprint density at radius 3 is 2.44 bits per heavy atom. The van der Waals surface area contributed by atoms with Gasteiger partial charge in [0.15, 0.2) is 11.2 Å². The highest BCUT2D eigenvalue weighted by molar-refractivity contribution is 7.98. The number of nitriles is 1. The molecule has 0 aliphatic rings. The molecule has 0 spiro atoms. The van der Waals surface area contributed by atoms with Crippen molar-refractivity contribution in [1.29, 1.82) is 5.26 Å². The van der Waals surface area contributed by atoms with Crippen LogP contribution in [0.3, 0.4) is 0 Å². The van der Waals surface area contributed by atoms with E-state index in [1.54, 1.807) is 0 Å². The number of thioether (sulfide) groups is 1. The van der Waals surface area contributed by atoms with Crippen LogP contribution in [-0.2, 0) is 6.18 Å². The van der Waals surface area contributed by atoms with Crippen LogP contribution in [-0.4, -0.2) is 11.2 Å². The van der Waals surface area contributed by atoms with Gasteiger partial charge in [-0.3, -0.25) is 0 Å². The SMILES string of the molecule is CSC(C)c1cnc(C(F)(F)F)s1.N#CN. The van der Waals surface area contributed by atoms with E-state index >= 15 is 0 Å². The molecular weight excluding hydrogens is 259 g/mol. The number of halogens is 3. The molecule has 0 aliphatic heterocycles. The lowest BCUT2D eigenvalue weighted by atomic mass is 10.4.